The highest BCUT2D eigenvalue weighted by atomic mass is 35.5. The van der Waals surface area contributed by atoms with E-state index in [1.165, 1.54) is 0 Å². The predicted molar refractivity (Wildman–Crippen MR) is 106 cm³/mol. The van der Waals surface area contributed by atoms with E-state index in [4.69, 9.17) is 16.3 Å². The number of carbonyl (C=O) groups excluding carboxylic acids is 2. The standard InChI is InChI=1S/C21H19ClN2O3/c1-13(15-3-4-17-12-19(27-2)10-7-16(17)11-15)20(25)23-24-21(26)14-5-8-18(22)9-6-14/h3-13H,1-2H3,(H,23,25)(H,24,26)/t13-/m0/s1. The molecule has 3 aromatic carbocycles. The van der Waals surface area contributed by atoms with Gasteiger partial charge in [-0.05, 0) is 59.7 Å². The summed E-state index contributed by atoms with van der Waals surface area (Å²) in [7, 11) is 1.63. The third kappa shape index (κ3) is 4.38. The molecule has 0 heterocycles. The van der Waals surface area contributed by atoms with E-state index in [2.05, 4.69) is 10.9 Å². The highest BCUT2D eigenvalue weighted by Crippen LogP contribution is 2.25. The van der Waals surface area contributed by atoms with Crippen molar-refractivity contribution in [2.45, 2.75) is 12.8 Å². The van der Waals surface area contributed by atoms with Crippen molar-refractivity contribution in [2.24, 2.45) is 0 Å². The minimum atomic E-state index is -0.429. The van der Waals surface area contributed by atoms with Crippen molar-refractivity contribution in [1.82, 2.24) is 10.9 Å². The molecule has 27 heavy (non-hydrogen) atoms. The van der Waals surface area contributed by atoms with Gasteiger partial charge in [0.1, 0.15) is 5.75 Å². The monoisotopic (exact) mass is 382 g/mol. The van der Waals surface area contributed by atoms with Gasteiger partial charge in [0, 0.05) is 10.6 Å². The molecule has 2 N–H and O–H groups in total. The number of ether oxygens (including phenoxy) is 1. The first-order valence-electron chi connectivity index (χ1n) is 8.41. The quantitative estimate of drug-likeness (QED) is 0.668. The van der Waals surface area contributed by atoms with Crippen molar-refractivity contribution >= 4 is 34.2 Å². The summed E-state index contributed by atoms with van der Waals surface area (Å²) in [5, 5.41) is 2.58. The molecule has 0 aliphatic carbocycles. The van der Waals surface area contributed by atoms with Crippen LogP contribution in [0.15, 0.2) is 60.7 Å². The molecule has 0 aliphatic heterocycles. The molecule has 1 atom stereocenters. The number of fused-ring (bicyclic) bond motifs is 1. The number of methoxy groups -OCH3 is 1. The van der Waals surface area contributed by atoms with Crippen LogP contribution in [0, 0.1) is 0 Å². The zero-order valence-corrected chi connectivity index (χ0v) is 15.7. The maximum atomic E-state index is 12.4. The van der Waals surface area contributed by atoms with Gasteiger partial charge in [0.15, 0.2) is 0 Å². The molecule has 0 spiro atoms. The number of halogens is 1. The van der Waals surface area contributed by atoms with Crippen LogP contribution in [0.3, 0.4) is 0 Å². The summed E-state index contributed by atoms with van der Waals surface area (Å²) < 4.78 is 5.22. The molecule has 5 nitrogen and oxygen atoms in total. The van der Waals surface area contributed by atoms with Gasteiger partial charge in [-0.25, -0.2) is 0 Å². The summed E-state index contributed by atoms with van der Waals surface area (Å²) in [5.41, 5.74) is 6.15. The molecule has 3 aromatic rings. The molecule has 3 rings (SSSR count). The van der Waals surface area contributed by atoms with Crippen molar-refractivity contribution in [3.05, 3.63) is 76.8 Å². The fraction of sp³-hybridized carbons (Fsp3) is 0.143. The fourth-order valence-corrected chi connectivity index (χ4v) is 2.82. The zero-order valence-electron chi connectivity index (χ0n) is 15.0. The van der Waals surface area contributed by atoms with E-state index in [-0.39, 0.29) is 5.91 Å². The minimum Gasteiger partial charge on any atom is -0.497 e. The fourth-order valence-electron chi connectivity index (χ4n) is 2.69. The van der Waals surface area contributed by atoms with Crippen LogP contribution in [0.1, 0.15) is 28.8 Å². The molecule has 0 radical (unpaired) electrons. The first-order chi connectivity index (χ1) is 13.0. The average molecular weight is 383 g/mol. The zero-order chi connectivity index (χ0) is 19.4. The number of benzene rings is 3. The summed E-state index contributed by atoms with van der Waals surface area (Å²) in [5.74, 6) is -0.351. The third-order valence-electron chi connectivity index (χ3n) is 4.37. The Hall–Kier alpha value is -3.05. The van der Waals surface area contributed by atoms with Crippen molar-refractivity contribution in [1.29, 1.82) is 0 Å². The summed E-state index contributed by atoms with van der Waals surface area (Å²) in [6.45, 7) is 1.79. The molecule has 138 valence electrons. The van der Waals surface area contributed by atoms with Gasteiger partial charge in [0.2, 0.25) is 5.91 Å². The van der Waals surface area contributed by atoms with Gasteiger partial charge in [-0.2, -0.15) is 0 Å². The van der Waals surface area contributed by atoms with Gasteiger partial charge in [-0.3, -0.25) is 20.4 Å². The number of hydrazine groups is 1. The second kappa shape index (κ2) is 8.10. The molecular formula is C21H19ClN2O3. The maximum Gasteiger partial charge on any atom is 0.269 e. The molecule has 0 aliphatic rings. The molecule has 2 amide bonds. The topological polar surface area (TPSA) is 67.4 Å². The Kier molecular flexibility index (Phi) is 5.62. The predicted octanol–water partition coefficient (Wildman–Crippen LogP) is 4.07. The lowest BCUT2D eigenvalue weighted by Gasteiger charge is -2.14. The van der Waals surface area contributed by atoms with E-state index >= 15 is 0 Å². The van der Waals surface area contributed by atoms with Crippen molar-refractivity contribution in [3.63, 3.8) is 0 Å². The number of carbonyl (C=O) groups is 2. The molecular weight excluding hydrogens is 364 g/mol. The molecule has 0 unspecified atom stereocenters. The lowest BCUT2D eigenvalue weighted by Crippen LogP contribution is -2.43. The Balaban J connectivity index is 1.66. The highest BCUT2D eigenvalue weighted by molar-refractivity contribution is 6.30. The summed E-state index contributed by atoms with van der Waals surface area (Å²) in [4.78, 5) is 24.5. The number of hydrogen-bond donors (Lipinski definition) is 2. The highest BCUT2D eigenvalue weighted by Gasteiger charge is 2.16. The van der Waals surface area contributed by atoms with Crippen LogP contribution in [0.25, 0.3) is 10.8 Å². The first kappa shape index (κ1) is 18.7. The van der Waals surface area contributed by atoms with Crippen LogP contribution in [0.4, 0.5) is 0 Å². The summed E-state index contributed by atoms with van der Waals surface area (Å²) in [6, 6.07) is 18.0. The minimum absolute atomic E-state index is 0.301. The van der Waals surface area contributed by atoms with E-state index in [1.807, 2.05) is 36.4 Å². The third-order valence-corrected chi connectivity index (χ3v) is 4.62. The van der Waals surface area contributed by atoms with E-state index in [1.54, 1.807) is 38.3 Å². The number of amides is 2. The van der Waals surface area contributed by atoms with Crippen LogP contribution in [-0.2, 0) is 4.79 Å². The SMILES string of the molecule is COc1ccc2cc([C@H](C)C(=O)NNC(=O)c3ccc(Cl)cc3)ccc2c1. The van der Waals surface area contributed by atoms with E-state index in [9.17, 15) is 9.59 Å². The summed E-state index contributed by atoms with van der Waals surface area (Å²) in [6.07, 6.45) is 0. The summed E-state index contributed by atoms with van der Waals surface area (Å²) >= 11 is 5.80. The molecule has 0 saturated carbocycles. The molecule has 0 fully saturated rings. The maximum absolute atomic E-state index is 12.4. The Labute approximate surface area is 162 Å². The van der Waals surface area contributed by atoms with Gasteiger partial charge < -0.3 is 4.74 Å². The Morgan fingerprint density at radius 1 is 0.926 bits per heavy atom. The van der Waals surface area contributed by atoms with Crippen LogP contribution < -0.4 is 15.6 Å². The van der Waals surface area contributed by atoms with Gasteiger partial charge in [-0.15, -0.1) is 0 Å². The lowest BCUT2D eigenvalue weighted by atomic mass is 9.97. The smallest absolute Gasteiger partial charge is 0.269 e. The van der Waals surface area contributed by atoms with Crippen LogP contribution in [0.2, 0.25) is 5.02 Å². The van der Waals surface area contributed by atoms with E-state index in [0.29, 0.717) is 10.6 Å². The largest absolute Gasteiger partial charge is 0.497 e. The van der Waals surface area contributed by atoms with Crippen molar-refractivity contribution < 1.29 is 14.3 Å². The Morgan fingerprint density at radius 2 is 1.59 bits per heavy atom. The van der Waals surface area contributed by atoms with Crippen molar-refractivity contribution in [3.8, 4) is 5.75 Å². The van der Waals surface area contributed by atoms with Crippen LogP contribution >= 0.6 is 11.6 Å². The number of nitrogens with one attached hydrogen (secondary N) is 2. The Morgan fingerprint density at radius 3 is 2.30 bits per heavy atom. The Bertz CT molecular complexity index is 986. The molecule has 0 aromatic heterocycles. The van der Waals surface area contributed by atoms with Gasteiger partial charge in [-0.1, -0.05) is 35.9 Å². The van der Waals surface area contributed by atoms with Gasteiger partial charge >= 0.3 is 0 Å². The van der Waals surface area contributed by atoms with Gasteiger partial charge in [0.05, 0.1) is 13.0 Å². The second-order valence-corrected chi connectivity index (χ2v) is 6.58. The second-order valence-electron chi connectivity index (χ2n) is 6.14. The first-order valence-corrected chi connectivity index (χ1v) is 8.79. The van der Waals surface area contributed by atoms with E-state index < -0.39 is 11.8 Å². The van der Waals surface area contributed by atoms with Crippen molar-refractivity contribution in [2.75, 3.05) is 7.11 Å². The molecule has 0 saturated heterocycles. The van der Waals surface area contributed by atoms with Gasteiger partial charge in [0.25, 0.3) is 5.91 Å². The van der Waals surface area contributed by atoms with E-state index in [0.717, 1.165) is 22.1 Å². The molecule has 6 heteroatoms. The lowest BCUT2D eigenvalue weighted by molar-refractivity contribution is -0.123. The molecule has 0 bridgehead atoms. The number of rotatable bonds is 4. The van der Waals surface area contributed by atoms with Crippen LogP contribution in [0.5, 0.6) is 5.75 Å². The van der Waals surface area contributed by atoms with Crippen LogP contribution in [-0.4, -0.2) is 18.9 Å². The average Bonchev–Trinajstić information content (AvgIpc) is 2.70. The number of hydrogen-bond acceptors (Lipinski definition) is 3. The normalized spacial score (nSPS) is 11.7.